The van der Waals surface area contributed by atoms with Crippen LogP contribution in [-0.2, 0) is 11.2 Å². The van der Waals surface area contributed by atoms with Crippen LogP contribution in [0.3, 0.4) is 0 Å². The fourth-order valence-electron chi connectivity index (χ4n) is 1.88. The zero-order chi connectivity index (χ0) is 14.3. The number of nitrogens with one attached hydrogen (secondary N) is 1. The molecule has 0 aliphatic carbocycles. The molecular formula is C14H22N2O3. The van der Waals surface area contributed by atoms with Gasteiger partial charge in [0.1, 0.15) is 0 Å². The number of amides is 1. The van der Waals surface area contributed by atoms with Crippen LogP contribution in [0.5, 0.6) is 11.5 Å². The monoisotopic (exact) mass is 266 g/mol. The van der Waals surface area contributed by atoms with Crippen molar-refractivity contribution in [1.29, 1.82) is 0 Å². The van der Waals surface area contributed by atoms with Gasteiger partial charge in [0, 0.05) is 19.0 Å². The molecule has 1 aromatic carbocycles. The molecule has 0 saturated carbocycles. The standard InChI is InChI=1S/C14H22N2O3/c1-10(16-7-6-14(15)17)8-11-4-5-12(18-2)13(9-11)19-3/h4-5,9-10,16H,6-8H2,1-3H3,(H2,15,17). The van der Waals surface area contributed by atoms with Gasteiger partial charge in [-0.05, 0) is 31.0 Å². The van der Waals surface area contributed by atoms with E-state index in [9.17, 15) is 4.79 Å². The van der Waals surface area contributed by atoms with Gasteiger partial charge in [0.05, 0.1) is 14.2 Å². The van der Waals surface area contributed by atoms with Crippen molar-refractivity contribution in [3.05, 3.63) is 23.8 Å². The Morgan fingerprint density at radius 1 is 1.32 bits per heavy atom. The SMILES string of the molecule is COc1ccc(CC(C)NCCC(N)=O)cc1OC. The van der Waals surface area contributed by atoms with Crippen LogP contribution in [0.25, 0.3) is 0 Å². The van der Waals surface area contributed by atoms with E-state index in [0.29, 0.717) is 13.0 Å². The molecule has 0 heterocycles. The molecule has 0 spiro atoms. The van der Waals surface area contributed by atoms with Gasteiger partial charge in [-0.3, -0.25) is 4.79 Å². The van der Waals surface area contributed by atoms with Crippen molar-refractivity contribution >= 4 is 5.91 Å². The van der Waals surface area contributed by atoms with E-state index in [0.717, 1.165) is 23.5 Å². The van der Waals surface area contributed by atoms with Crippen LogP contribution >= 0.6 is 0 Å². The molecular weight excluding hydrogens is 244 g/mol. The number of nitrogens with two attached hydrogens (primary N) is 1. The van der Waals surface area contributed by atoms with E-state index in [-0.39, 0.29) is 11.9 Å². The molecule has 0 bridgehead atoms. The molecule has 1 unspecified atom stereocenters. The molecule has 19 heavy (non-hydrogen) atoms. The van der Waals surface area contributed by atoms with E-state index >= 15 is 0 Å². The van der Waals surface area contributed by atoms with Gasteiger partial charge in [0.25, 0.3) is 0 Å². The van der Waals surface area contributed by atoms with E-state index in [1.165, 1.54) is 0 Å². The highest BCUT2D eigenvalue weighted by Crippen LogP contribution is 2.27. The Hall–Kier alpha value is -1.75. The Kier molecular flexibility index (Phi) is 6.15. The van der Waals surface area contributed by atoms with Crippen LogP contribution in [0.15, 0.2) is 18.2 Å². The maximum absolute atomic E-state index is 10.6. The van der Waals surface area contributed by atoms with Gasteiger partial charge in [-0.25, -0.2) is 0 Å². The second-order valence-corrected chi connectivity index (χ2v) is 4.46. The predicted octanol–water partition coefficient (Wildman–Crippen LogP) is 1.10. The highest BCUT2D eigenvalue weighted by atomic mass is 16.5. The Morgan fingerprint density at radius 3 is 2.58 bits per heavy atom. The molecule has 0 aromatic heterocycles. The summed E-state index contributed by atoms with van der Waals surface area (Å²) in [6.45, 7) is 2.67. The first-order valence-corrected chi connectivity index (χ1v) is 6.29. The van der Waals surface area contributed by atoms with Crippen molar-refractivity contribution in [2.75, 3.05) is 20.8 Å². The number of carbonyl (C=O) groups is 1. The molecule has 0 saturated heterocycles. The minimum atomic E-state index is -0.286. The third-order valence-corrected chi connectivity index (χ3v) is 2.85. The summed E-state index contributed by atoms with van der Waals surface area (Å²) in [5.41, 5.74) is 6.24. The summed E-state index contributed by atoms with van der Waals surface area (Å²) in [5, 5.41) is 3.26. The van der Waals surface area contributed by atoms with Gasteiger partial charge >= 0.3 is 0 Å². The number of ether oxygens (including phenoxy) is 2. The number of carbonyl (C=O) groups excluding carboxylic acids is 1. The first kappa shape index (κ1) is 15.3. The maximum Gasteiger partial charge on any atom is 0.218 e. The van der Waals surface area contributed by atoms with Gasteiger partial charge in [0.2, 0.25) is 5.91 Å². The fraction of sp³-hybridized carbons (Fsp3) is 0.500. The zero-order valence-electron chi connectivity index (χ0n) is 11.7. The third kappa shape index (κ3) is 5.18. The van der Waals surface area contributed by atoms with Crippen LogP contribution < -0.4 is 20.5 Å². The first-order chi connectivity index (χ1) is 9.06. The minimum absolute atomic E-state index is 0.262. The number of hydrogen-bond acceptors (Lipinski definition) is 4. The van der Waals surface area contributed by atoms with Crippen molar-refractivity contribution < 1.29 is 14.3 Å². The summed E-state index contributed by atoms with van der Waals surface area (Å²) in [4.78, 5) is 10.6. The van der Waals surface area contributed by atoms with Gasteiger partial charge in [-0.15, -0.1) is 0 Å². The highest BCUT2D eigenvalue weighted by molar-refractivity contribution is 5.73. The smallest absolute Gasteiger partial charge is 0.218 e. The molecule has 1 atom stereocenters. The Labute approximate surface area is 114 Å². The Balaban J connectivity index is 2.54. The van der Waals surface area contributed by atoms with Crippen molar-refractivity contribution in [2.45, 2.75) is 25.8 Å². The summed E-state index contributed by atoms with van der Waals surface area (Å²) >= 11 is 0. The molecule has 0 aliphatic rings. The van der Waals surface area contributed by atoms with Gasteiger partial charge in [-0.2, -0.15) is 0 Å². The summed E-state index contributed by atoms with van der Waals surface area (Å²) in [6.07, 6.45) is 1.20. The lowest BCUT2D eigenvalue weighted by Crippen LogP contribution is -2.31. The lowest BCUT2D eigenvalue weighted by molar-refractivity contribution is -0.117. The van der Waals surface area contributed by atoms with E-state index in [4.69, 9.17) is 15.2 Å². The van der Waals surface area contributed by atoms with Crippen LogP contribution in [0.4, 0.5) is 0 Å². The maximum atomic E-state index is 10.6. The van der Waals surface area contributed by atoms with Gasteiger partial charge in [0.15, 0.2) is 11.5 Å². The third-order valence-electron chi connectivity index (χ3n) is 2.85. The van der Waals surface area contributed by atoms with Crippen molar-refractivity contribution in [3.63, 3.8) is 0 Å². The molecule has 1 amide bonds. The molecule has 0 fully saturated rings. The van der Waals surface area contributed by atoms with Crippen molar-refractivity contribution in [2.24, 2.45) is 5.73 Å². The summed E-state index contributed by atoms with van der Waals surface area (Å²) in [5.74, 6) is 1.16. The highest BCUT2D eigenvalue weighted by Gasteiger charge is 2.08. The lowest BCUT2D eigenvalue weighted by Gasteiger charge is -2.15. The second-order valence-electron chi connectivity index (χ2n) is 4.46. The van der Waals surface area contributed by atoms with Crippen LogP contribution in [0.2, 0.25) is 0 Å². The topological polar surface area (TPSA) is 73.6 Å². The van der Waals surface area contributed by atoms with Crippen LogP contribution in [0, 0.1) is 0 Å². The van der Waals surface area contributed by atoms with E-state index in [1.54, 1.807) is 14.2 Å². The molecule has 0 radical (unpaired) electrons. The normalized spacial score (nSPS) is 11.9. The Bertz CT molecular complexity index is 421. The second kappa shape index (κ2) is 7.63. The quantitative estimate of drug-likeness (QED) is 0.739. The van der Waals surface area contributed by atoms with E-state index in [2.05, 4.69) is 12.2 Å². The van der Waals surface area contributed by atoms with Crippen molar-refractivity contribution in [1.82, 2.24) is 5.32 Å². The van der Waals surface area contributed by atoms with E-state index in [1.807, 2.05) is 18.2 Å². The number of rotatable bonds is 8. The molecule has 1 aromatic rings. The zero-order valence-corrected chi connectivity index (χ0v) is 11.7. The molecule has 106 valence electrons. The number of benzene rings is 1. The first-order valence-electron chi connectivity index (χ1n) is 6.29. The molecule has 3 N–H and O–H groups in total. The summed E-state index contributed by atoms with van der Waals surface area (Å²) in [7, 11) is 3.24. The number of primary amides is 1. The minimum Gasteiger partial charge on any atom is -0.493 e. The van der Waals surface area contributed by atoms with E-state index < -0.39 is 0 Å². The molecule has 5 nitrogen and oxygen atoms in total. The molecule has 1 rings (SSSR count). The van der Waals surface area contributed by atoms with Crippen LogP contribution in [-0.4, -0.2) is 32.7 Å². The number of methoxy groups -OCH3 is 2. The predicted molar refractivity (Wildman–Crippen MR) is 74.5 cm³/mol. The largest absolute Gasteiger partial charge is 0.493 e. The van der Waals surface area contributed by atoms with Gasteiger partial charge < -0.3 is 20.5 Å². The van der Waals surface area contributed by atoms with Gasteiger partial charge in [-0.1, -0.05) is 6.07 Å². The average molecular weight is 266 g/mol. The lowest BCUT2D eigenvalue weighted by atomic mass is 10.1. The molecule has 0 aliphatic heterocycles. The van der Waals surface area contributed by atoms with Crippen molar-refractivity contribution in [3.8, 4) is 11.5 Å². The number of hydrogen-bond donors (Lipinski definition) is 2. The Morgan fingerprint density at radius 2 is 2.00 bits per heavy atom. The fourth-order valence-corrected chi connectivity index (χ4v) is 1.88. The van der Waals surface area contributed by atoms with Crippen LogP contribution in [0.1, 0.15) is 18.9 Å². The molecule has 5 heteroatoms. The summed E-state index contributed by atoms with van der Waals surface area (Å²) < 4.78 is 10.5. The average Bonchev–Trinajstić information content (AvgIpc) is 2.38. The summed E-state index contributed by atoms with van der Waals surface area (Å²) in [6, 6.07) is 6.13.